The van der Waals surface area contributed by atoms with Crippen molar-refractivity contribution in [3.8, 4) is 17.1 Å². The molecule has 1 aliphatic carbocycles. The Morgan fingerprint density at radius 2 is 2.14 bits per heavy atom. The number of anilines is 1. The third-order valence-corrected chi connectivity index (χ3v) is 6.03. The molecule has 0 radical (unpaired) electrons. The number of nitrogens with zero attached hydrogens (tertiary/aromatic N) is 2. The summed E-state index contributed by atoms with van der Waals surface area (Å²) in [6.45, 7) is 2.45. The zero-order valence-corrected chi connectivity index (χ0v) is 17.2. The van der Waals surface area contributed by atoms with Gasteiger partial charge < -0.3 is 15.4 Å². The van der Waals surface area contributed by atoms with Crippen molar-refractivity contribution in [2.45, 2.75) is 30.6 Å². The van der Waals surface area contributed by atoms with E-state index in [0.29, 0.717) is 18.4 Å². The number of hydrogen-bond donors (Lipinski definition) is 3. The summed E-state index contributed by atoms with van der Waals surface area (Å²) in [4.78, 5) is 14.9. The van der Waals surface area contributed by atoms with E-state index in [1.165, 1.54) is 19.5 Å². The van der Waals surface area contributed by atoms with Gasteiger partial charge in [0.15, 0.2) is 0 Å². The Morgan fingerprint density at radius 1 is 1.24 bits per heavy atom. The van der Waals surface area contributed by atoms with Gasteiger partial charge in [-0.25, -0.2) is 4.98 Å². The van der Waals surface area contributed by atoms with Gasteiger partial charge in [0.1, 0.15) is 11.8 Å². The predicted octanol–water partition coefficient (Wildman–Crippen LogP) is 3.45. The van der Waals surface area contributed by atoms with Crippen molar-refractivity contribution in [2.24, 2.45) is 0 Å². The summed E-state index contributed by atoms with van der Waals surface area (Å²) in [6, 6.07) is 9.40. The highest BCUT2D eigenvalue weighted by Gasteiger charge is 2.24. The summed E-state index contributed by atoms with van der Waals surface area (Å²) in [7, 11) is 0. The molecule has 2 aliphatic rings. The summed E-state index contributed by atoms with van der Waals surface area (Å²) >= 11 is 1.97. The number of pyridine rings is 1. The quantitative estimate of drug-likeness (QED) is 0.538. The lowest BCUT2D eigenvalue weighted by atomic mass is 10.1. The largest absolute Gasteiger partial charge is 0.474 e. The third-order valence-electron chi connectivity index (χ3n) is 4.96. The number of H-pyrrole nitrogens is 1. The van der Waals surface area contributed by atoms with Crippen LogP contribution in [0.3, 0.4) is 0 Å². The van der Waals surface area contributed by atoms with Crippen LogP contribution in [-0.4, -0.2) is 52.3 Å². The molecule has 3 heterocycles. The summed E-state index contributed by atoms with van der Waals surface area (Å²) < 4.78 is 5.65. The average molecular weight is 412 g/mol. The maximum Gasteiger partial charge on any atom is 0.213 e. The van der Waals surface area contributed by atoms with Crippen LogP contribution in [0.5, 0.6) is 5.88 Å². The minimum atomic E-state index is 0.335. The molecule has 1 aliphatic heterocycles. The van der Waals surface area contributed by atoms with Crippen LogP contribution in [0.15, 0.2) is 36.5 Å². The number of aromatic amines is 1. The summed E-state index contributed by atoms with van der Waals surface area (Å²) in [5, 5.41) is 15.1. The molecule has 3 aromatic rings. The van der Waals surface area contributed by atoms with Gasteiger partial charge >= 0.3 is 0 Å². The summed E-state index contributed by atoms with van der Waals surface area (Å²) in [6.07, 6.45) is 8.51. The molecule has 8 heteroatoms. The second-order valence-electron chi connectivity index (χ2n) is 7.15. The van der Waals surface area contributed by atoms with Gasteiger partial charge in [0.2, 0.25) is 12.3 Å². The summed E-state index contributed by atoms with van der Waals surface area (Å²) in [5.41, 5.74) is 3.34. The molecular weight excluding hydrogens is 386 g/mol. The lowest BCUT2D eigenvalue weighted by Gasteiger charge is -2.04. The first kappa shape index (κ1) is 19.7. The Balaban J connectivity index is 0.000000249. The van der Waals surface area contributed by atoms with Crippen molar-refractivity contribution >= 4 is 34.8 Å². The van der Waals surface area contributed by atoms with Crippen LogP contribution in [-0.2, 0) is 4.79 Å². The van der Waals surface area contributed by atoms with E-state index in [1.54, 1.807) is 6.20 Å². The molecule has 0 bridgehead atoms. The monoisotopic (exact) mass is 411 g/mol. The minimum absolute atomic E-state index is 0.335. The molecular formula is C21H25N5O2S. The highest BCUT2D eigenvalue weighted by atomic mass is 32.2. The molecule has 5 rings (SSSR count). The van der Waals surface area contributed by atoms with E-state index in [4.69, 9.17) is 4.74 Å². The first-order chi connectivity index (χ1) is 14.3. The average Bonchev–Trinajstić information content (AvgIpc) is 3.24. The Hall–Kier alpha value is -2.58. The molecule has 152 valence electrons. The van der Waals surface area contributed by atoms with Gasteiger partial charge in [-0.3, -0.25) is 9.89 Å². The fourth-order valence-electron chi connectivity index (χ4n) is 3.17. The normalized spacial score (nSPS) is 18.2. The molecule has 0 spiro atoms. The number of amides is 1. The molecule has 2 fully saturated rings. The topological polar surface area (TPSA) is 91.9 Å². The van der Waals surface area contributed by atoms with E-state index in [1.807, 2.05) is 42.1 Å². The number of thioether (sulfide) groups is 1. The van der Waals surface area contributed by atoms with Crippen molar-refractivity contribution in [3.05, 3.63) is 36.5 Å². The van der Waals surface area contributed by atoms with E-state index >= 15 is 0 Å². The fourth-order valence-corrected chi connectivity index (χ4v) is 3.81. The number of carbonyl (C=O) groups is 1. The summed E-state index contributed by atoms with van der Waals surface area (Å²) in [5.74, 6) is 0.648. The molecule has 1 saturated carbocycles. The fraction of sp³-hybridized carbons (Fsp3) is 0.381. The number of aromatic nitrogens is 3. The lowest BCUT2D eigenvalue weighted by molar-refractivity contribution is -0.105. The zero-order chi connectivity index (χ0) is 20.1. The Morgan fingerprint density at radius 3 is 2.76 bits per heavy atom. The molecule has 1 aromatic carbocycles. The smallest absolute Gasteiger partial charge is 0.213 e. The van der Waals surface area contributed by atoms with Crippen LogP contribution >= 0.6 is 11.8 Å². The van der Waals surface area contributed by atoms with Gasteiger partial charge in [0, 0.05) is 40.7 Å². The van der Waals surface area contributed by atoms with Crippen LogP contribution in [0.1, 0.15) is 19.3 Å². The van der Waals surface area contributed by atoms with Gasteiger partial charge in [0.25, 0.3) is 0 Å². The number of nitrogens with one attached hydrogen (secondary N) is 3. The van der Waals surface area contributed by atoms with E-state index < -0.39 is 0 Å². The van der Waals surface area contributed by atoms with Crippen LogP contribution in [0.2, 0.25) is 0 Å². The van der Waals surface area contributed by atoms with Crippen molar-refractivity contribution in [1.82, 2.24) is 20.5 Å². The zero-order valence-electron chi connectivity index (χ0n) is 16.4. The van der Waals surface area contributed by atoms with Gasteiger partial charge in [-0.2, -0.15) is 16.9 Å². The van der Waals surface area contributed by atoms with E-state index in [2.05, 4.69) is 32.1 Å². The van der Waals surface area contributed by atoms with Gasteiger partial charge in [-0.1, -0.05) is 0 Å². The van der Waals surface area contributed by atoms with Crippen molar-refractivity contribution in [1.29, 1.82) is 0 Å². The second-order valence-corrected chi connectivity index (χ2v) is 8.29. The Bertz CT molecular complexity index is 949. The first-order valence-electron chi connectivity index (χ1n) is 9.81. The Kier molecular flexibility index (Phi) is 6.31. The number of fused-ring (bicyclic) bond motifs is 1. The van der Waals surface area contributed by atoms with E-state index in [-0.39, 0.29) is 0 Å². The van der Waals surface area contributed by atoms with Gasteiger partial charge in [-0.15, -0.1) is 0 Å². The first-order valence-corrected chi connectivity index (χ1v) is 11.1. The standard InChI is InChI=1S/C16H14N4O2.C5H11NS/c21-9-18-11-2-5-14-13(7-11)16(20-19-14)10-1-6-15(17-8-10)22-12-3-4-12;1-7-5-2-3-6-4-5/h1-2,5-9,12H,3-4H2,(H,18,21)(H,19,20);5-6H,2-4H2,1H3. The highest BCUT2D eigenvalue weighted by Crippen LogP contribution is 2.30. The predicted molar refractivity (Wildman–Crippen MR) is 117 cm³/mol. The maximum atomic E-state index is 10.6. The van der Waals surface area contributed by atoms with Crippen molar-refractivity contribution in [2.75, 3.05) is 24.7 Å². The lowest BCUT2D eigenvalue weighted by Crippen LogP contribution is -2.09. The van der Waals surface area contributed by atoms with Crippen LogP contribution < -0.4 is 15.4 Å². The molecule has 3 N–H and O–H groups in total. The van der Waals surface area contributed by atoms with Crippen LogP contribution in [0.4, 0.5) is 5.69 Å². The van der Waals surface area contributed by atoms with Crippen LogP contribution in [0.25, 0.3) is 22.2 Å². The number of hydrogen-bond acceptors (Lipinski definition) is 6. The number of ether oxygens (including phenoxy) is 1. The van der Waals surface area contributed by atoms with Crippen LogP contribution in [0, 0.1) is 0 Å². The van der Waals surface area contributed by atoms with Gasteiger partial charge in [0.05, 0.1) is 5.52 Å². The number of carbonyl (C=O) groups excluding carboxylic acids is 1. The van der Waals surface area contributed by atoms with Gasteiger partial charge in [-0.05, 0) is 56.3 Å². The maximum absolute atomic E-state index is 10.6. The van der Waals surface area contributed by atoms with E-state index in [9.17, 15) is 4.79 Å². The van der Waals surface area contributed by atoms with E-state index in [0.717, 1.165) is 45.9 Å². The molecule has 1 atom stereocenters. The van der Waals surface area contributed by atoms with Crippen molar-refractivity contribution in [3.63, 3.8) is 0 Å². The number of rotatable bonds is 6. The SMILES string of the molecule is CSC1CCNC1.O=CNc1ccc2[nH]nc(-c3ccc(OC4CC4)nc3)c2c1. The minimum Gasteiger partial charge on any atom is -0.474 e. The molecule has 1 amide bonds. The molecule has 1 saturated heterocycles. The molecule has 29 heavy (non-hydrogen) atoms. The number of benzene rings is 1. The highest BCUT2D eigenvalue weighted by molar-refractivity contribution is 7.99. The molecule has 1 unspecified atom stereocenters. The Labute approximate surface area is 174 Å². The third kappa shape index (κ3) is 5.07. The molecule has 7 nitrogen and oxygen atoms in total. The molecule has 2 aromatic heterocycles. The van der Waals surface area contributed by atoms with Crippen molar-refractivity contribution < 1.29 is 9.53 Å². The second kappa shape index (κ2) is 9.28.